The molecule has 0 bridgehead atoms. The summed E-state index contributed by atoms with van der Waals surface area (Å²) in [6.07, 6.45) is 2.06. The predicted octanol–water partition coefficient (Wildman–Crippen LogP) is 3.61. The summed E-state index contributed by atoms with van der Waals surface area (Å²) in [4.78, 5) is 4.52. The summed E-state index contributed by atoms with van der Waals surface area (Å²) in [5, 5.41) is 1.12. The van der Waals surface area contributed by atoms with Gasteiger partial charge in [-0.2, -0.15) is 0 Å². The van der Waals surface area contributed by atoms with Gasteiger partial charge in [-0.15, -0.1) is 11.3 Å². The van der Waals surface area contributed by atoms with Crippen molar-refractivity contribution in [3.63, 3.8) is 0 Å². The van der Waals surface area contributed by atoms with Gasteiger partial charge in [0.15, 0.2) is 0 Å². The van der Waals surface area contributed by atoms with E-state index >= 15 is 0 Å². The molecule has 2 nitrogen and oxygen atoms in total. The highest BCUT2D eigenvalue weighted by Crippen LogP contribution is 2.27. The zero-order valence-electron chi connectivity index (χ0n) is 9.27. The van der Waals surface area contributed by atoms with Crippen LogP contribution >= 0.6 is 11.3 Å². The van der Waals surface area contributed by atoms with Crippen molar-refractivity contribution >= 4 is 21.6 Å². The van der Waals surface area contributed by atoms with E-state index in [1.54, 1.807) is 11.3 Å². The van der Waals surface area contributed by atoms with E-state index in [0.29, 0.717) is 0 Å². The third kappa shape index (κ3) is 1.44. The molecule has 0 aliphatic heterocycles. The van der Waals surface area contributed by atoms with Crippen LogP contribution in [-0.2, 0) is 7.05 Å². The van der Waals surface area contributed by atoms with Crippen LogP contribution in [0.5, 0.6) is 0 Å². The Morgan fingerprint density at radius 3 is 2.88 bits per heavy atom. The van der Waals surface area contributed by atoms with Gasteiger partial charge in [-0.1, -0.05) is 6.07 Å². The molecule has 0 saturated carbocycles. The van der Waals surface area contributed by atoms with Crippen molar-refractivity contribution in [2.24, 2.45) is 7.05 Å². The molecule has 3 aromatic rings. The summed E-state index contributed by atoms with van der Waals surface area (Å²) in [5.41, 5.74) is 3.55. The highest BCUT2D eigenvalue weighted by atomic mass is 32.1. The van der Waals surface area contributed by atoms with Gasteiger partial charge in [0.25, 0.3) is 0 Å². The molecule has 0 atom stereocenters. The molecule has 0 saturated heterocycles. The van der Waals surface area contributed by atoms with E-state index in [1.165, 1.54) is 16.0 Å². The summed E-state index contributed by atoms with van der Waals surface area (Å²) in [7, 11) is 2.06. The number of rotatable bonds is 1. The van der Waals surface area contributed by atoms with Crippen LogP contribution in [0, 0.1) is 6.92 Å². The molecule has 0 aliphatic carbocycles. The largest absolute Gasteiger partial charge is 0.351 e. The first kappa shape index (κ1) is 9.60. The van der Waals surface area contributed by atoms with E-state index in [0.717, 1.165) is 10.5 Å². The van der Waals surface area contributed by atoms with Crippen LogP contribution in [-0.4, -0.2) is 9.55 Å². The van der Waals surface area contributed by atoms with E-state index in [9.17, 15) is 0 Å². The fourth-order valence-corrected chi connectivity index (χ4v) is 2.77. The van der Waals surface area contributed by atoms with E-state index in [2.05, 4.69) is 53.1 Å². The number of benzene rings is 1. The first-order valence-corrected chi connectivity index (χ1v) is 6.04. The Bertz CT molecular complexity index is 649. The summed E-state index contributed by atoms with van der Waals surface area (Å²) in [6.45, 7) is 2.05. The molecule has 2 heterocycles. The third-order valence-corrected chi connectivity index (χ3v) is 3.69. The number of aromatic nitrogens is 2. The van der Waals surface area contributed by atoms with Crippen molar-refractivity contribution in [2.75, 3.05) is 0 Å². The fourth-order valence-electron chi connectivity index (χ4n) is 1.96. The molecule has 3 heteroatoms. The van der Waals surface area contributed by atoms with E-state index in [4.69, 9.17) is 0 Å². The molecule has 0 N–H and O–H groups in total. The second-order valence-corrected chi connectivity index (χ2v) is 5.15. The minimum atomic E-state index is 1.10. The van der Waals surface area contributed by atoms with Crippen LogP contribution < -0.4 is 0 Å². The van der Waals surface area contributed by atoms with Crippen molar-refractivity contribution in [2.45, 2.75) is 6.92 Å². The normalized spacial score (nSPS) is 11.1. The lowest BCUT2D eigenvalue weighted by atomic mass is 10.1. The number of aryl methyl sites for hydroxylation is 2. The summed E-state index contributed by atoms with van der Waals surface area (Å²) < 4.78 is 3.39. The molecule has 1 aromatic carbocycles. The Morgan fingerprint density at radius 2 is 2.12 bits per heavy atom. The number of thiazole rings is 1. The zero-order chi connectivity index (χ0) is 11.1. The second kappa shape index (κ2) is 3.46. The highest BCUT2D eigenvalue weighted by molar-refractivity contribution is 7.18. The molecule has 0 unspecified atom stereocenters. The fraction of sp³-hybridized carbons (Fsp3) is 0.154. The van der Waals surface area contributed by atoms with Gasteiger partial charge in [0, 0.05) is 24.5 Å². The average molecular weight is 228 g/mol. The lowest BCUT2D eigenvalue weighted by Crippen LogP contribution is -1.88. The molecule has 3 rings (SSSR count). The quantitative estimate of drug-likeness (QED) is 0.622. The Labute approximate surface area is 98.2 Å². The molecule has 0 amide bonds. The van der Waals surface area contributed by atoms with Gasteiger partial charge < -0.3 is 4.57 Å². The van der Waals surface area contributed by atoms with Crippen molar-refractivity contribution in [1.29, 1.82) is 0 Å². The molecular weight excluding hydrogens is 216 g/mol. The third-order valence-electron chi connectivity index (χ3n) is 2.73. The lowest BCUT2D eigenvalue weighted by Gasteiger charge is -2.02. The minimum absolute atomic E-state index is 1.10. The van der Waals surface area contributed by atoms with Gasteiger partial charge >= 0.3 is 0 Å². The van der Waals surface area contributed by atoms with Crippen molar-refractivity contribution in [3.05, 3.63) is 41.5 Å². The van der Waals surface area contributed by atoms with Crippen LogP contribution in [0.2, 0.25) is 0 Å². The molecule has 0 spiro atoms. The topological polar surface area (TPSA) is 17.8 Å². The molecule has 80 valence electrons. The SMILES string of the molecule is Cc1nc2cc(-c3cccn3C)ccc2s1. The van der Waals surface area contributed by atoms with Gasteiger partial charge in [-0.3, -0.25) is 0 Å². The average Bonchev–Trinajstić information content (AvgIpc) is 2.81. The van der Waals surface area contributed by atoms with Gasteiger partial charge in [0.1, 0.15) is 0 Å². The van der Waals surface area contributed by atoms with Gasteiger partial charge in [-0.25, -0.2) is 4.98 Å². The van der Waals surface area contributed by atoms with Crippen LogP contribution in [0.15, 0.2) is 36.5 Å². The maximum atomic E-state index is 4.52. The molecule has 0 aliphatic rings. The van der Waals surface area contributed by atoms with Crippen molar-refractivity contribution in [3.8, 4) is 11.3 Å². The standard InChI is InChI=1S/C13H12N2S/c1-9-14-11-8-10(5-6-13(11)16-9)12-4-3-7-15(12)2/h3-8H,1-2H3. The van der Waals surface area contributed by atoms with E-state index in [-0.39, 0.29) is 0 Å². The smallest absolute Gasteiger partial charge is 0.0907 e. The Hall–Kier alpha value is -1.61. The Morgan fingerprint density at radius 1 is 1.25 bits per heavy atom. The number of nitrogens with zero attached hydrogens (tertiary/aromatic N) is 2. The van der Waals surface area contributed by atoms with Crippen molar-refractivity contribution in [1.82, 2.24) is 9.55 Å². The molecular formula is C13H12N2S. The van der Waals surface area contributed by atoms with E-state index < -0.39 is 0 Å². The maximum absolute atomic E-state index is 4.52. The Kier molecular flexibility index (Phi) is 2.07. The zero-order valence-corrected chi connectivity index (χ0v) is 10.1. The van der Waals surface area contributed by atoms with Gasteiger partial charge in [-0.05, 0) is 31.2 Å². The molecule has 16 heavy (non-hydrogen) atoms. The Balaban J connectivity index is 2.22. The van der Waals surface area contributed by atoms with Gasteiger partial charge in [0.2, 0.25) is 0 Å². The first-order valence-electron chi connectivity index (χ1n) is 5.23. The molecule has 0 radical (unpaired) electrons. The van der Waals surface area contributed by atoms with Crippen LogP contribution in [0.25, 0.3) is 21.5 Å². The second-order valence-electron chi connectivity index (χ2n) is 3.92. The highest BCUT2D eigenvalue weighted by Gasteiger charge is 2.05. The molecule has 2 aromatic heterocycles. The summed E-state index contributed by atoms with van der Waals surface area (Å²) in [6, 6.07) is 10.7. The number of fused-ring (bicyclic) bond motifs is 1. The summed E-state index contributed by atoms with van der Waals surface area (Å²) >= 11 is 1.74. The predicted molar refractivity (Wildman–Crippen MR) is 68.8 cm³/mol. The number of hydrogen-bond donors (Lipinski definition) is 0. The minimum Gasteiger partial charge on any atom is -0.351 e. The maximum Gasteiger partial charge on any atom is 0.0907 e. The summed E-state index contributed by atoms with van der Waals surface area (Å²) in [5.74, 6) is 0. The number of hydrogen-bond acceptors (Lipinski definition) is 2. The van der Waals surface area contributed by atoms with Crippen molar-refractivity contribution < 1.29 is 0 Å². The van der Waals surface area contributed by atoms with Gasteiger partial charge in [0.05, 0.1) is 15.2 Å². The van der Waals surface area contributed by atoms with E-state index in [1.807, 2.05) is 6.92 Å². The molecule has 0 fully saturated rings. The lowest BCUT2D eigenvalue weighted by molar-refractivity contribution is 0.937. The first-order chi connectivity index (χ1) is 7.74. The van der Waals surface area contributed by atoms with Crippen LogP contribution in [0.3, 0.4) is 0 Å². The van der Waals surface area contributed by atoms with Crippen LogP contribution in [0.1, 0.15) is 5.01 Å². The van der Waals surface area contributed by atoms with Crippen LogP contribution in [0.4, 0.5) is 0 Å². The monoisotopic (exact) mass is 228 g/mol.